The fourth-order valence-corrected chi connectivity index (χ4v) is 1.42. The fraction of sp³-hybridized carbons (Fsp3) is 0.167. The number of aromatic nitrogens is 1. The van der Waals surface area contributed by atoms with E-state index in [1.807, 2.05) is 0 Å². The lowest BCUT2D eigenvalue weighted by Gasteiger charge is -2.04. The van der Waals surface area contributed by atoms with Crippen molar-refractivity contribution in [3.8, 4) is 5.75 Å². The molecule has 0 aliphatic rings. The maximum absolute atomic E-state index is 13.6. The number of ether oxygens (including phenoxy) is 1. The van der Waals surface area contributed by atoms with E-state index in [0.717, 1.165) is 6.07 Å². The molecule has 6 heteroatoms. The Bertz CT molecular complexity index is 580. The smallest absolute Gasteiger partial charge is 0.259 e. The highest BCUT2D eigenvalue weighted by Crippen LogP contribution is 2.17. The van der Waals surface area contributed by atoms with Gasteiger partial charge in [-0.25, -0.2) is 4.39 Å². The van der Waals surface area contributed by atoms with Crippen molar-refractivity contribution in [3.05, 3.63) is 41.4 Å². The van der Waals surface area contributed by atoms with Crippen LogP contribution in [0.25, 0.3) is 0 Å². The minimum absolute atomic E-state index is 0.0866. The molecule has 0 saturated heterocycles. The third kappa shape index (κ3) is 2.48. The average Bonchev–Trinajstić information content (AvgIpc) is 2.74. The summed E-state index contributed by atoms with van der Waals surface area (Å²) in [4.78, 5) is 11.8. The maximum atomic E-state index is 13.6. The quantitative estimate of drug-likeness (QED) is 0.908. The number of methoxy groups -OCH3 is 1. The first-order valence-electron chi connectivity index (χ1n) is 5.18. The molecule has 1 N–H and O–H groups in total. The van der Waals surface area contributed by atoms with Gasteiger partial charge >= 0.3 is 0 Å². The number of hydrogen-bond acceptors (Lipinski definition) is 4. The van der Waals surface area contributed by atoms with E-state index < -0.39 is 11.7 Å². The average molecular weight is 250 g/mol. The summed E-state index contributed by atoms with van der Waals surface area (Å²) in [5, 5.41) is 6.02. The van der Waals surface area contributed by atoms with Gasteiger partial charge in [-0.3, -0.25) is 4.79 Å². The number of aryl methyl sites for hydroxylation is 1. The topological polar surface area (TPSA) is 64.4 Å². The van der Waals surface area contributed by atoms with Crippen LogP contribution in [0.1, 0.15) is 16.1 Å². The van der Waals surface area contributed by atoms with Gasteiger partial charge in [0.25, 0.3) is 5.91 Å². The van der Waals surface area contributed by atoms with Crippen molar-refractivity contribution >= 4 is 11.7 Å². The van der Waals surface area contributed by atoms with Gasteiger partial charge in [-0.05, 0) is 19.1 Å². The maximum Gasteiger partial charge on any atom is 0.259 e. The van der Waals surface area contributed by atoms with Crippen LogP contribution < -0.4 is 10.1 Å². The molecule has 0 aliphatic heterocycles. The van der Waals surface area contributed by atoms with Crippen LogP contribution in [0.15, 0.2) is 28.8 Å². The zero-order valence-electron chi connectivity index (χ0n) is 9.86. The molecule has 0 aliphatic carbocycles. The van der Waals surface area contributed by atoms with Gasteiger partial charge in [0.1, 0.15) is 17.3 Å². The number of rotatable bonds is 3. The summed E-state index contributed by atoms with van der Waals surface area (Å²) in [6.45, 7) is 1.69. The van der Waals surface area contributed by atoms with Gasteiger partial charge in [-0.1, -0.05) is 5.16 Å². The van der Waals surface area contributed by atoms with E-state index in [4.69, 9.17) is 9.26 Å². The number of nitrogens with one attached hydrogen (secondary N) is 1. The lowest BCUT2D eigenvalue weighted by molar-refractivity contribution is 0.102. The number of carbonyl (C=O) groups excluding carboxylic acids is 1. The highest BCUT2D eigenvalue weighted by Gasteiger charge is 2.14. The monoisotopic (exact) mass is 250 g/mol. The molecule has 0 fully saturated rings. The summed E-state index contributed by atoms with van der Waals surface area (Å²) in [7, 11) is 1.42. The molecule has 2 rings (SSSR count). The number of hydrogen-bond donors (Lipinski definition) is 1. The largest absolute Gasteiger partial charge is 0.497 e. The molecule has 1 aromatic carbocycles. The molecule has 0 saturated carbocycles. The molecule has 94 valence electrons. The van der Waals surface area contributed by atoms with Gasteiger partial charge < -0.3 is 14.6 Å². The number of nitrogens with zero attached hydrogens (tertiary/aromatic N) is 1. The molecule has 0 atom stereocenters. The molecule has 2 aromatic rings. The van der Waals surface area contributed by atoms with E-state index in [0.29, 0.717) is 11.5 Å². The van der Waals surface area contributed by atoms with E-state index in [-0.39, 0.29) is 11.4 Å². The van der Waals surface area contributed by atoms with Gasteiger partial charge in [0.2, 0.25) is 0 Å². The summed E-state index contributed by atoms with van der Waals surface area (Å²) in [5.74, 6) is -0.106. The van der Waals surface area contributed by atoms with Crippen molar-refractivity contribution in [2.45, 2.75) is 6.92 Å². The predicted molar refractivity (Wildman–Crippen MR) is 62.1 cm³/mol. The van der Waals surface area contributed by atoms with Gasteiger partial charge in [-0.2, -0.15) is 0 Å². The minimum atomic E-state index is -0.660. The standard InChI is InChI=1S/C12H11FN2O3/c1-7-5-11(15-18-7)14-12(16)9-4-3-8(17-2)6-10(9)13/h3-6H,1-2H3,(H,14,15,16). The Morgan fingerprint density at radius 2 is 2.22 bits per heavy atom. The van der Waals surface area contributed by atoms with Crippen molar-refractivity contribution in [1.82, 2.24) is 5.16 Å². The lowest BCUT2D eigenvalue weighted by atomic mass is 10.2. The Morgan fingerprint density at radius 1 is 1.44 bits per heavy atom. The van der Waals surface area contributed by atoms with Gasteiger partial charge in [0, 0.05) is 12.1 Å². The third-order valence-electron chi connectivity index (χ3n) is 2.29. The first kappa shape index (κ1) is 12.1. The normalized spacial score (nSPS) is 10.2. The lowest BCUT2D eigenvalue weighted by Crippen LogP contribution is -2.13. The van der Waals surface area contributed by atoms with E-state index in [1.54, 1.807) is 13.0 Å². The van der Waals surface area contributed by atoms with E-state index in [2.05, 4.69) is 10.5 Å². The molecule has 1 amide bonds. The SMILES string of the molecule is COc1ccc(C(=O)Nc2cc(C)on2)c(F)c1. The Balaban J connectivity index is 2.18. The molecule has 18 heavy (non-hydrogen) atoms. The molecule has 5 nitrogen and oxygen atoms in total. The molecule has 1 aromatic heterocycles. The van der Waals surface area contributed by atoms with Crippen LogP contribution in [0.3, 0.4) is 0 Å². The Kier molecular flexibility index (Phi) is 3.27. The first-order valence-corrected chi connectivity index (χ1v) is 5.18. The van der Waals surface area contributed by atoms with Crippen molar-refractivity contribution in [3.63, 3.8) is 0 Å². The van der Waals surface area contributed by atoms with Crippen molar-refractivity contribution in [2.75, 3.05) is 12.4 Å². The first-order chi connectivity index (χ1) is 8.60. The highest BCUT2D eigenvalue weighted by atomic mass is 19.1. The third-order valence-corrected chi connectivity index (χ3v) is 2.29. The second kappa shape index (κ2) is 4.87. The van der Waals surface area contributed by atoms with Crippen molar-refractivity contribution in [2.24, 2.45) is 0 Å². The molecule has 0 unspecified atom stereocenters. The van der Waals surface area contributed by atoms with Gasteiger partial charge in [0.05, 0.1) is 12.7 Å². The van der Waals surface area contributed by atoms with Crippen molar-refractivity contribution < 1.29 is 18.4 Å². The summed E-state index contributed by atoms with van der Waals surface area (Å²) >= 11 is 0. The minimum Gasteiger partial charge on any atom is -0.497 e. The fourth-order valence-electron chi connectivity index (χ4n) is 1.42. The highest BCUT2D eigenvalue weighted by molar-refractivity contribution is 6.04. The number of anilines is 1. The van der Waals surface area contributed by atoms with Gasteiger partial charge in [0.15, 0.2) is 5.82 Å². The Morgan fingerprint density at radius 3 is 2.78 bits per heavy atom. The van der Waals surface area contributed by atoms with Crippen LogP contribution in [0.2, 0.25) is 0 Å². The van der Waals surface area contributed by atoms with Crippen LogP contribution >= 0.6 is 0 Å². The Hall–Kier alpha value is -2.37. The van der Waals surface area contributed by atoms with E-state index >= 15 is 0 Å². The predicted octanol–water partition coefficient (Wildman–Crippen LogP) is 2.38. The summed E-state index contributed by atoms with van der Waals surface area (Å²) < 4.78 is 23.3. The molecular formula is C12H11FN2O3. The summed E-state index contributed by atoms with van der Waals surface area (Å²) in [6.07, 6.45) is 0. The zero-order chi connectivity index (χ0) is 13.1. The molecule has 0 radical (unpaired) electrons. The van der Waals surface area contributed by atoms with E-state index in [1.165, 1.54) is 19.2 Å². The second-order valence-electron chi connectivity index (χ2n) is 3.62. The number of halogens is 1. The van der Waals surface area contributed by atoms with Crippen LogP contribution in [0, 0.1) is 12.7 Å². The second-order valence-corrected chi connectivity index (χ2v) is 3.62. The number of benzene rings is 1. The van der Waals surface area contributed by atoms with Gasteiger partial charge in [-0.15, -0.1) is 0 Å². The zero-order valence-corrected chi connectivity index (χ0v) is 9.86. The van der Waals surface area contributed by atoms with Crippen molar-refractivity contribution in [1.29, 1.82) is 0 Å². The number of amides is 1. The van der Waals surface area contributed by atoms with Crippen LogP contribution in [-0.2, 0) is 0 Å². The van der Waals surface area contributed by atoms with E-state index in [9.17, 15) is 9.18 Å². The van der Waals surface area contributed by atoms with Crippen LogP contribution in [0.4, 0.5) is 10.2 Å². The summed E-state index contributed by atoms with van der Waals surface area (Å²) in [6, 6.07) is 5.53. The summed E-state index contributed by atoms with van der Waals surface area (Å²) in [5.41, 5.74) is -0.0866. The molecule has 0 spiro atoms. The number of carbonyl (C=O) groups is 1. The van der Waals surface area contributed by atoms with Crippen LogP contribution in [0.5, 0.6) is 5.75 Å². The molecular weight excluding hydrogens is 239 g/mol. The molecule has 0 bridgehead atoms. The molecule has 1 heterocycles. The van der Waals surface area contributed by atoms with Crippen LogP contribution in [-0.4, -0.2) is 18.2 Å². The Labute approximate surface area is 103 Å².